The number of aromatic nitrogens is 4. The lowest BCUT2D eigenvalue weighted by molar-refractivity contribution is 0.0927. The Kier molecular flexibility index (Phi) is 5.76. The van der Waals surface area contributed by atoms with Crippen LogP contribution in [-0.2, 0) is 6.42 Å². The molecular weight excluding hydrogens is 453 g/mol. The van der Waals surface area contributed by atoms with Crippen molar-refractivity contribution in [3.05, 3.63) is 113 Å². The Morgan fingerprint density at radius 3 is 2.72 bits per heavy atom. The number of benzene rings is 2. The maximum atomic E-state index is 13.5. The second kappa shape index (κ2) is 9.22. The van der Waals surface area contributed by atoms with Crippen molar-refractivity contribution in [2.24, 2.45) is 5.92 Å². The Hall–Kier alpha value is -4.00. The van der Waals surface area contributed by atoms with E-state index in [0.717, 1.165) is 36.9 Å². The van der Waals surface area contributed by atoms with Gasteiger partial charge in [-0.1, -0.05) is 48.4 Å². The monoisotopic (exact) mass is 481 g/mol. The molecule has 2 aromatic heterocycles. The van der Waals surface area contributed by atoms with Gasteiger partial charge in [-0.25, -0.2) is 14.1 Å². The minimum Gasteiger partial charge on any atom is -0.344 e. The molecule has 0 saturated carbocycles. The number of nitrogens with one attached hydrogen (secondary N) is 2. The van der Waals surface area contributed by atoms with Crippen LogP contribution in [0.25, 0.3) is 5.69 Å². The number of imidazole rings is 1. The summed E-state index contributed by atoms with van der Waals surface area (Å²) >= 11 is 0. The first-order valence-electron chi connectivity index (χ1n) is 12.5. The van der Waals surface area contributed by atoms with Crippen molar-refractivity contribution < 1.29 is 9.18 Å². The summed E-state index contributed by atoms with van der Waals surface area (Å²) in [4.78, 5) is 19.8. The Morgan fingerprint density at radius 1 is 1.17 bits per heavy atom. The minimum atomic E-state index is -0.246. The van der Waals surface area contributed by atoms with E-state index in [2.05, 4.69) is 39.4 Å². The molecule has 6 nitrogen and oxygen atoms in total. The minimum absolute atomic E-state index is 0.102. The highest BCUT2D eigenvalue weighted by molar-refractivity contribution is 5.92. The molecule has 0 radical (unpaired) electrons. The molecule has 182 valence electrons. The fourth-order valence-corrected chi connectivity index (χ4v) is 6.00. The number of aromatic amines is 1. The lowest BCUT2D eigenvalue weighted by Crippen LogP contribution is -2.30. The van der Waals surface area contributed by atoms with E-state index in [1.54, 1.807) is 18.3 Å². The quantitative estimate of drug-likeness (QED) is 0.349. The van der Waals surface area contributed by atoms with Gasteiger partial charge in [-0.2, -0.15) is 5.10 Å². The van der Waals surface area contributed by atoms with E-state index in [0.29, 0.717) is 11.6 Å². The number of carbonyl (C=O) groups excluding carboxylic acids is 1. The maximum Gasteiger partial charge on any atom is 0.269 e. The highest BCUT2D eigenvalue weighted by atomic mass is 19.1. The molecule has 2 aliphatic rings. The van der Waals surface area contributed by atoms with Gasteiger partial charge in [-0.3, -0.25) is 4.79 Å². The summed E-state index contributed by atoms with van der Waals surface area (Å²) in [6, 6.07) is 16.6. The molecule has 0 bridgehead atoms. The molecule has 1 unspecified atom stereocenters. The van der Waals surface area contributed by atoms with E-state index in [1.807, 2.05) is 29.1 Å². The normalized spacial score (nSPS) is 19.6. The molecule has 0 saturated heterocycles. The smallest absolute Gasteiger partial charge is 0.269 e. The number of fused-ring (bicyclic) bond motifs is 1. The molecule has 2 aromatic carbocycles. The molecule has 4 aromatic rings. The Bertz CT molecular complexity index is 1410. The molecule has 0 fully saturated rings. The van der Waals surface area contributed by atoms with Gasteiger partial charge < -0.3 is 10.3 Å². The van der Waals surface area contributed by atoms with E-state index < -0.39 is 0 Å². The first-order valence-corrected chi connectivity index (χ1v) is 12.5. The van der Waals surface area contributed by atoms with E-state index in [4.69, 9.17) is 0 Å². The van der Waals surface area contributed by atoms with Gasteiger partial charge >= 0.3 is 0 Å². The average molecular weight is 482 g/mol. The van der Waals surface area contributed by atoms with Crippen molar-refractivity contribution in [3.8, 4) is 5.69 Å². The predicted octanol–water partition coefficient (Wildman–Crippen LogP) is 5.66. The zero-order chi connectivity index (χ0) is 24.6. The van der Waals surface area contributed by atoms with Crippen LogP contribution in [0.2, 0.25) is 0 Å². The molecule has 2 aliphatic carbocycles. The highest BCUT2D eigenvalue weighted by Crippen LogP contribution is 2.49. The fraction of sp³-hybridized carbons (Fsp3) is 0.276. The van der Waals surface area contributed by atoms with Crippen LogP contribution in [0.15, 0.2) is 84.5 Å². The summed E-state index contributed by atoms with van der Waals surface area (Å²) in [6.07, 6.45) is 8.87. The summed E-state index contributed by atoms with van der Waals surface area (Å²) < 4.78 is 15.4. The van der Waals surface area contributed by atoms with Crippen LogP contribution in [-0.4, -0.2) is 25.7 Å². The number of H-pyrrole nitrogens is 1. The van der Waals surface area contributed by atoms with Gasteiger partial charge in [0.05, 0.1) is 36.1 Å². The standard InChI is InChI=1S/C29H28FN5O/c1-18-24-15-33-35(23-11-9-22(30)10-12-23)27(24)14-21-8-7-20(28(18)21)13-25(19-5-3-2-4-6-19)34-29(36)26-16-31-17-32-26/h2-6,9-12,15-18,20,25H,7-8,13-14H2,1H3,(H,31,32)(H,34,36)/t18-,20+,25?/m0/s1. The number of hydrogen-bond acceptors (Lipinski definition) is 3. The Morgan fingerprint density at radius 2 is 1.97 bits per heavy atom. The second-order valence-corrected chi connectivity index (χ2v) is 9.77. The number of hydrogen-bond donors (Lipinski definition) is 2. The van der Waals surface area contributed by atoms with Crippen molar-refractivity contribution >= 4 is 5.91 Å². The van der Waals surface area contributed by atoms with Crippen LogP contribution in [0, 0.1) is 11.7 Å². The summed E-state index contributed by atoms with van der Waals surface area (Å²) in [5.41, 5.74) is 7.87. The zero-order valence-electron chi connectivity index (χ0n) is 20.1. The van der Waals surface area contributed by atoms with E-state index >= 15 is 0 Å². The zero-order valence-corrected chi connectivity index (χ0v) is 20.1. The first kappa shape index (κ1) is 22.5. The van der Waals surface area contributed by atoms with Gasteiger partial charge in [-0.15, -0.1) is 0 Å². The van der Waals surface area contributed by atoms with Crippen LogP contribution in [0.5, 0.6) is 0 Å². The molecule has 2 heterocycles. The van der Waals surface area contributed by atoms with Crippen LogP contribution in [0.4, 0.5) is 4.39 Å². The molecule has 2 N–H and O–H groups in total. The summed E-state index contributed by atoms with van der Waals surface area (Å²) in [7, 11) is 0. The van der Waals surface area contributed by atoms with Crippen LogP contribution >= 0.6 is 0 Å². The van der Waals surface area contributed by atoms with Crippen LogP contribution in [0.3, 0.4) is 0 Å². The van der Waals surface area contributed by atoms with E-state index in [-0.39, 0.29) is 23.7 Å². The van der Waals surface area contributed by atoms with Crippen molar-refractivity contribution in [3.63, 3.8) is 0 Å². The average Bonchev–Trinajstić information content (AvgIpc) is 3.66. The molecule has 36 heavy (non-hydrogen) atoms. The molecule has 0 aliphatic heterocycles. The van der Waals surface area contributed by atoms with Crippen molar-refractivity contribution in [1.82, 2.24) is 25.1 Å². The predicted molar refractivity (Wildman–Crippen MR) is 135 cm³/mol. The van der Waals surface area contributed by atoms with E-state index in [9.17, 15) is 9.18 Å². The fourth-order valence-electron chi connectivity index (χ4n) is 6.00. The summed E-state index contributed by atoms with van der Waals surface area (Å²) in [5.74, 6) is 0.243. The lowest BCUT2D eigenvalue weighted by Gasteiger charge is -2.29. The number of amides is 1. The molecule has 0 spiro atoms. The largest absolute Gasteiger partial charge is 0.344 e. The summed E-state index contributed by atoms with van der Waals surface area (Å²) in [6.45, 7) is 2.27. The molecule has 3 atom stereocenters. The van der Waals surface area contributed by atoms with Gasteiger partial charge in [0.2, 0.25) is 0 Å². The van der Waals surface area contributed by atoms with Gasteiger partial charge in [-0.05, 0) is 55.0 Å². The van der Waals surface area contributed by atoms with Gasteiger partial charge in [0.25, 0.3) is 5.91 Å². The molecule has 6 rings (SSSR count). The molecule has 7 heteroatoms. The van der Waals surface area contributed by atoms with Gasteiger partial charge in [0, 0.05) is 17.9 Å². The van der Waals surface area contributed by atoms with Gasteiger partial charge in [0.1, 0.15) is 11.5 Å². The molecular formula is C29H28FN5O. The number of rotatable bonds is 6. The molecule has 1 amide bonds. The Labute approximate surface area is 209 Å². The number of carbonyl (C=O) groups is 1. The Balaban J connectivity index is 1.27. The number of nitrogens with zero attached hydrogens (tertiary/aromatic N) is 3. The number of halogens is 1. The van der Waals surface area contributed by atoms with Crippen molar-refractivity contribution in [2.45, 2.75) is 44.6 Å². The SMILES string of the molecule is C[C@@H]1C2=C(CC[C@@H]2CC(NC(=O)c2cnc[nH]2)c2ccccc2)Cc2c1cnn2-c1ccc(F)cc1. The van der Waals surface area contributed by atoms with Crippen molar-refractivity contribution in [2.75, 3.05) is 0 Å². The third-order valence-corrected chi connectivity index (χ3v) is 7.70. The van der Waals surface area contributed by atoms with Crippen LogP contribution < -0.4 is 5.32 Å². The first-order chi connectivity index (χ1) is 17.6. The number of allylic oxidation sites excluding steroid dienone is 2. The third-order valence-electron chi connectivity index (χ3n) is 7.70. The maximum absolute atomic E-state index is 13.5. The van der Waals surface area contributed by atoms with Crippen LogP contribution in [0.1, 0.15) is 65.5 Å². The second-order valence-electron chi connectivity index (χ2n) is 9.77. The van der Waals surface area contributed by atoms with Crippen molar-refractivity contribution in [1.29, 1.82) is 0 Å². The van der Waals surface area contributed by atoms with E-state index in [1.165, 1.54) is 40.9 Å². The lowest BCUT2D eigenvalue weighted by atomic mass is 9.77. The van der Waals surface area contributed by atoms with Gasteiger partial charge in [0.15, 0.2) is 0 Å². The summed E-state index contributed by atoms with van der Waals surface area (Å²) in [5, 5.41) is 7.92. The third kappa shape index (κ3) is 4.04. The topological polar surface area (TPSA) is 75.6 Å². The highest BCUT2D eigenvalue weighted by Gasteiger charge is 2.37.